The first-order chi connectivity index (χ1) is 13.8. The number of ketones is 1. The monoisotopic (exact) mass is 426 g/mol. The molecule has 3 aromatic rings. The lowest BCUT2D eigenvalue weighted by molar-refractivity contribution is 0.107. The van der Waals surface area contributed by atoms with E-state index < -0.39 is 0 Å². The molecule has 1 aromatic heterocycles. The fourth-order valence-electron chi connectivity index (χ4n) is 3.33. The topological polar surface area (TPSA) is 51.5 Å². The van der Waals surface area contributed by atoms with Gasteiger partial charge in [-0.15, -0.1) is 0 Å². The number of methoxy groups -OCH3 is 1. The Labute approximate surface area is 180 Å². The van der Waals surface area contributed by atoms with Gasteiger partial charge in [-0.25, -0.2) is 0 Å². The minimum atomic E-state index is -0.379. The van der Waals surface area contributed by atoms with Crippen molar-refractivity contribution in [1.29, 1.82) is 0 Å². The Kier molecular flexibility index (Phi) is 6.36. The van der Waals surface area contributed by atoms with Gasteiger partial charge in [-0.05, 0) is 37.5 Å². The summed E-state index contributed by atoms with van der Waals surface area (Å²) in [5.74, 6) is -0.152. The van der Waals surface area contributed by atoms with Gasteiger partial charge in [0, 0.05) is 0 Å². The number of aromatic nitrogens is 1. The van der Waals surface area contributed by atoms with Crippen molar-refractivity contribution in [3.8, 4) is 17.0 Å². The van der Waals surface area contributed by atoms with E-state index in [2.05, 4.69) is 9.98 Å². The molecule has 3 rings (SSSR count). The molecule has 0 spiro atoms. The number of carbonyl (C=O) groups is 1. The fourth-order valence-corrected chi connectivity index (χ4v) is 3.73. The summed E-state index contributed by atoms with van der Waals surface area (Å²) in [5.41, 5.74) is 5.32. The highest BCUT2D eigenvalue weighted by atomic mass is 35.5. The predicted octanol–water partition coefficient (Wildman–Crippen LogP) is 6.57. The van der Waals surface area contributed by atoms with E-state index in [0.717, 1.165) is 27.9 Å². The van der Waals surface area contributed by atoms with Crippen molar-refractivity contribution in [2.75, 3.05) is 7.11 Å². The number of halogens is 2. The molecule has 0 radical (unpaired) electrons. The predicted molar refractivity (Wildman–Crippen MR) is 119 cm³/mol. The van der Waals surface area contributed by atoms with Crippen LogP contribution < -0.4 is 4.74 Å². The average Bonchev–Trinajstić information content (AvgIpc) is 2.69. The van der Waals surface area contributed by atoms with Crippen LogP contribution in [0, 0.1) is 20.8 Å². The van der Waals surface area contributed by atoms with E-state index in [1.165, 1.54) is 13.3 Å². The molecular weight excluding hydrogens is 407 g/mol. The van der Waals surface area contributed by atoms with E-state index in [9.17, 15) is 4.79 Å². The van der Waals surface area contributed by atoms with Crippen molar-refractivity contribution in [3.05, 3.63) is 74.9 Å². The standard InChI is InChI=1S/C23H20Cl2N2O2/c1-13-10-14(2)21(15(3)11-13)26-12-17(28)19-18(16-8-6-5-7-9-16)23(29-4)27-22(25)20(19)24/h5-12H,1-4H3. The molecule has 0 atom stereocenters. The molecule has 0 fully saturated rings. The Morgan fingerprint density at radius 2 is 1.69 bits per heavy atom. The lowest BCUT2D eigenvalue weighted by Gasteiger charge is -2.14. The van der Waals surface area contributed by atoms with Crippen molar-refractivity contribution in [3.63, 3.8) is 0 Å². The summed E-state index contributed by atoms with van der Waals surface area (Å²) < 4.78 is 5.39. The largest absolute Gasteiger partial charge is 0.480 e. The van der Waals surface area contributed by atoms with Gasteiger partial charge >= 0.3 is 0 Å². The zero-order chi connectivity index (χ0) is 21.1. The Hall–Kier alpha value is -2.69. The van der Waals surface area contributed by atoms with Gasteiger partial charge in [-0.3, -0.25) is 9.79 Å². The second-order valence-electron chi connectivity index (χ2n) is 6.71. The van der Waals surface area contributed by atoms with Crippen LogP contribution in [-0.2, 0) is 0 Å². The van der Waals surface area contributed by atoms with Crippen LogP contribution in [-0.4, -0.2) is 24.1 Å². The first kappa shape index (κ1) is 21.0. The molecule has 148 valence electrons. The fraction of sp³-hybridized carbons (Fsp3) is 0.174. The Balaban J connectivity index is 2.15. The molecule has 6 heteroatoms. The number of carbonyl (C=O) groups excluding carboxylic acids is 1. The van der Waals surface area contributed by atoms with E-state index in [1.807, 2.05) is 63.2 Å². The Morgan fingerprint density at radius 3 is 2.28 bits per heavy atom. The van der Waals surface area contributed by atoms with Crippen LogP contribution in [0.25, 0.3) is 11.1 Å². The van der Waals surface area contributed by atoms with E-state index in [-0.39, 0.29) is 27.4 Å². The van der Waals surface area contributed by atoms with Gasteiger partial charge < -0.3 is 4.74 Å². The quantitative estimate of drug-likeness (QED) is 0.263. The maximum absolute atomic E-state index is 13.2. The number of rotatable bonds is 5. The van der Waals surface area contributed by atoms with Crippen molar-refractivity contribution in [1.82, 2.24) is 4.98 Å². The number of Topliss-reactive ketones (excluding diaryl/α,β-unsaturated/α-hetero) is 1. The molecule has 0 amide bonds. The van der Waals surface area contributed by atoms with Crippen molar-refractivity contribution >= 4 is 40.9 Å². The first-order valence-electron chi connectivity index (χ1n) is 8.98. The third-order valence-electron chi connectivity index (χ3n) is 4.51. The maximum atomic E-state index is 13.2. The van der Waals surface area contributed by atoms with Gasteiger partial charge in [0.2, 0.25) is 11.7 Å². The molecule has 0 aliphatic rings. The number of pyridine rings is 1. The smallest absolute Gasteiger partial charge is 0.223 e. The lowest BCUT2D eigenvalue weighted by atomic mass is 9.98. The number of benzene rings is 2. The number of aryl methyl sites for hydroxylation is 3. The summed E-state index contributed by atoms with van der Waals surface area (Å²) in [6, 6.07) is 13.4. The van der Waals surface area contributed by atoms with Crippen LogP contribution in [0.2, 0.25) is 10.2 Å². The second kappa shape index (κ2) is 8.76. The van der Waals surface area contributed by atoms with E-state index in [0.29, 0.717) is 5.56 Å². The molecule has 0 bridgehead atoms. The van der Waals surface area contributed by atoms with E-state index >= 15 is 0 Å². The third-order valence-corrected chi connectivity index (χ3v) is 5.25. The minimum absolute atomic E-state index is 0.00245. The molecule has 0 aliphatic carbocycles. The number of hydrogen-bond donors (Lipinski definition) is 0. The summed E-state index contributed by atoms with van der Waals surface area (Å²) >= 11 is 12.6. The molecule has 0 aliphatic heterocycles. The minimum Gasteiger partial charge on any atom is -0.480 e. The molecule has 1 heterocycles. The van der Waals surface area contributed by atoms with Gasteiger partial charge in [0.15, 0.2) is 5.15 Å². The molecule has 4 nitrogen and oxygen atoms in total. The summed E-state index contributed by atoms with van der Waals surface area (Å²) in [6.45, 7) is 5.95. The molecule has 29 heavy (non-hydrogen) atoms. The molecule has 2 aromatic carbocycles. The van der Waals surface area contributed by atoms with Crippen LogP contribution in [0.4, 0.5) is 5.69 Å². The Morgan fingerprint density at radius 1 is 1.07 bits per heavy atom. The molecule has 0 saturated carbocycles. The zero-order valence-corrected chi connectivity index (χ0v) is 18.1. The second-order valence-corrected chi connectivity index (χ2v) is 7.45. The van der Waals surface area contributed by atoms with E-state index in [1.54, 1.807) is 0 Å². The summed E-state index contributed by atoms with van der Waals surface area (Å²) in [7, 11) is 1.47. The molecule has 0 N–H and O–H groups in total. The van der Waals surface area contributed by atoms with Crippen LogP contribution >= 0.6 is 23.2 Å². The van der Waals surface area contributed by atoms with Crippen molar-refractivity contribution in [2.45, 2.75) is 20.8 Å². The van der Waals surface area contributed by atoms with Crippen molar-refractivity contribution < 1.29 is 9.53 Å². The lowest BCUT2D eigenvalue weighted by Crippen LogP contribution is -2.08. The van der Waals surface area contributed by atoms with Crippen molar-refractivity contribution in [2.24, 2.45) is 4.99 Å². The molecular formula is C23H20Cl2N2O2. The summed E-state index contributed by atoms with van der Waals surface area (Å²) in [4.78, 5) is 21.8. The van der Waals surface area contributed by atoms with Crippen LogP contribution in [0.15, 0.2) is 47.5 Å². The van der Waals surface area contributed by atoms with E-state index in [4.69, 9.17) is 27.9 Å². The summed E-state index contributed by atoms with van der Waals surface area (Å²) in [5, 5.41) is 0.0720. The maximum Gasteiger partial charge on any atom is 0.223 e. The van der Waals surface area contributed by atoms with Gasteiger partial charge in [0.05, 0.1) is 35.2 Å². The number of ether oxygens (including phenoxy) is 1. The number of nitrogens with zero attached hydrogens (tertiary/aromatic N) is 2. The molecule has 0 saturated heterocycles. The van der Waals surface area contributed by atoms with Crippen LogP contribution in [0.3, 0.4) is 0 Å². The number of aliphatic imine (C=N–C) groups is 1. The van der Waals surface area contributed by atoms with Crippen LogP contribution in [0.5, 0.6) is 5.88 Å². The first-order valence-corrected chi connectivity index (χ1v) is 9.73. The van der Waals surface area contributed by atoms with Gasteiger partial charge in [0.1, 0.15) is 0 Å². The third kappa shape index (κ3) is 4.34. The normalized spacial score (nSPS) is 11.1. The highest BCUT2D eigenvalue weighted by Gasteiger charge is 2.24. The number of hydrogen-bond acceptors (Lipinski definition) is 4. The zero-order valence-electron chi connectivity index (χ0n) is 16.6. The van der Waals surface area contributed by atoms with Gasteiger partial charge in [0.25, 0.3) is 0 Å². The average molecular weight is 427 g/mol. The highest BCUT2D eigenvalue weighted by Crippen LogP contribution is 2.39. The van der Waals surface area contributed by atoms with Crippen LogP contribution in [0.1, 0.15) is 27.0 Å². The Bertz CT molecular complexity index is 1090. The highest BCUT2D eigenvalue weighted by molar-refractivity contribution is 6.48. The van der Waals surface area contributed by atoms with Gasteiger partial charge in [-0.1, -0.05) is 71.2 Å². The molecule has 0 unspecified atom stereocenters. The SMILES string of the molecule is COc1nc(Cl)c(Cl)c(C(=O)C=Nc2c(C)cc(C)cc2C)c1-c1ccccc1. The summed E-state index contributed by atoms with van der Waals surface area (Å²) in [6.07, 6.45) is 1.27. The van der Waals surface area contributed by atoms with Gasteiger partial charge in [-0.2, -0.15) is 4.98 Å².